The third-order valence-electron chi connectivity index (χ3n) is 2.75. The molecule has 4 heteroatoms. The molecule has 0 fully saturated rings. The van der Waals surface area contributed by atoms with Crippen LogP contribution in [-0.2, 0) is 10.2 Å². The summed E-state index contributed by atoms with van der Waals surface area (Å²) in [7, 11) is 0. The minimum atomic E-state index is -1.08. The number of hydrogen-bond acceptors (Lipinski definition) is 3. The highest BCUT2D eigenvalue weighted by atomic mass is 16.4. The van der Waals surface area contributed by atoms with Crippen LogP contribution in [0.4, 0.5) is 0 Å². The number of hydrogen-bond donors (Lipinski definition) is 3. The summed E-state index contributed by atoms with van der Waals surface area (Å²) in [5.41, 5.74) is 0.369. The lowest BCUT2D eigenvalue weighted by molar-refractivity contribution is -0.131. The van der Waals surface area contributed by atoms with E-state index in [9.17, 15) is 15.0 Å². The Labute approximate surface area is 106 Å². The SMILES string of the molecule is C=CC(C)(C)c1c(/C=C/C(=O)O)ccc(O)c1O. The number of phenols is 2. The molecule has 0 heterocycles. The Morgan fingerprint density at radius 1 is 1.33 bits per heavy atom. The first-order valence-corrected chi connectivity index (χ1v) is 5.39. The molecule has 0 unspecified atom stereocenters. The van der Waals surface area contributed by atoms with Gasteiger partial charge in [0.05, 0.1) is 0 Å². The lowest BCUT2D eigenvalue weighted by Gasteiger charge is -2.24. The quantitative estimate of drug-likeness (QED) is 0.435. The number of carbonyl (C=O) groups is 1. The van der Waals surface area contributed by atoms with Gasteiger partial charge >= 0.3 is 5.97 Å². The summed E-state index contributed by atoms with van der Waals surface area (Å²) in [5.74, 6) is -1.58. The van der Waals surface area contributed by atoms with Gasteiger partial charge in [-0.3, -0.25) is 0 Å². The van der Waals surface area contributed by atoms with Crippen molar-refractivity contribution < 1.29 is 20.1 Å². The molecule has 0 spiro atoms. The second-order valence-electron chi connectivity index (χ2n) is 4.49. The molecule has 18 heavy (non-hydrogen) atoms. The maximum atomic E-state index is 10.5. The van der Waals surface area contributed by atoms with E-state index in [-0.39, 0.29) is 11.5 Å². The van der Waals surface area contributed by atoms with Gasteiger partial charge < -0.3 is 15.3 Å². The number of carboxylic acid groups (broad SMARTS) is 1. The van der Waals surface area contributed by atoms with Crippen molar-refractivity contribution in [3.8, 4) is 11.5 Å². The first-order valence-electron chi connectivity index (χ1n) is 5.39. The summed E-state index contributed by atoms with van der Waals surface area (Å²) in [5, 5.41) is 28.1. The zero-order valence-electron chi connectivity index (χ0n) is 10.3. The molecular weight excluding hydrogens is 232 g/mol. The number of phenolic OH excluding ortho intramolecular Hbond substituents is 2. The summed E-state index contributed by atoms with van der Waals surface area (Å²) in [4.78, 5) is 10.5. The Hall–Kier alpha value is -2.23. The van der Waals surface area contributed by atoms with Crippen molar-refractivity contribution in [2.24, 2.45) is 0 Å². The van der Waals surface area contributed by atoms with Crippen LogP contribution in [0.3, 0.4) is 0 Å². The Kier molecular flexibility index (Phi) is 3.81. The van der Waals surface area contributed by atoms with Crippen LogP contribution in [0.25, 0.3) is 6.08 Å². The highest BCUT2D eigenvalue weighted by Gasteiger charge is 2.25. The second-order valence-corrected chi connectivity index (χ2v) is 4.49. The predicted octanol–water partition coefficient (Wildman–Crippen LogP) is 2.66. The van der Waals surface area contributed by atoms with E-state index in [0.29, 0.717) is 11.1 Å². The molecule has 0 amide bonds. The minimum absolute atomic E-state index is 0.243. The summed E-state index contributed by atoms with van der Waals surface area (Å²) in [6.07, 6.45) is 3.98. The molecule has 0 aliphatic heterocycles. The molecule has 1 rings (SSSR count). The smallest absolute Gasteiger partial charge is 0.328 e. The first-order chi connectivity index (χ1) is 8.29. The number of aromatic hydroxyl groups is 2. The number of allylic oxidation sites excluding steroid dienone is 1. The third kappa shape index (κ3) is 2.71. The Morgan fingerprint density at radius 3 is 2.44 bits per heavy atom. The fourth-order valence-electron chi connectivity index (χ4n) is 1.67. The third-order valence-corrected chi connectivity index (χ3v) is 2.75. The van der Waals surface area contributed by atoms with Crippen LogP contribution in [0, 0.1) is 0 Å². The first kappa shape index (κ1) is 13.8. The Balaban J connectivity index is 3.49. The summed E-state index contributed by atoms with van der Waals surface area (Å²) in [6.45, 7) is 7.31. The summed E-state index contributed by atoms with van der Waals surface area (Å²) < 4.78 is 0. The second kappa shape index (κ2) is 4.96. The zero-order valence-corrected chi connectivity index (χ0v) is 10.3. The molecule has 1 aromatic rings. The lowest BCUT2D eigenvalue weighted by atomic mass is 9.81. The fraction of sp³-hybridized carbons (Fsp3) is 0.214. The van der Waals surface area contributed by atoms with E-state index in [0.717, 1.165) is 6.08 Å². The average molecular weight is 248 g/mol. The van der Waals surface area contributed by atoms with Crippen molar-refractivity contribution in [1.82, 2.24) is 0 Å². The van der Waals surface area contributed by atoms with Gasteiger partial charge in [-0.05, 0) is 17.7 Å². The Bertz CT molecular complexity index is 513. The Morgan fingerprint density at radius 2 is 1.94 bits per heavy atom. The van der Waals surface area contributed by atoms with Crippen molar-refractivity contribution in [3.05, 3.63) is 42.0 Å². The average Bonchev–Trinajstić information content (AvgIpc) is 2.30. The van der Waals surface area contributed by atoms with Gasteiger partial charge in [-0.1, -0.05) is 26.0 Å². The number of carboxylic acids is 1. The molecule has 3 N–H and O–H groups in total. The molecule has 0 atom stereocenters. The maximum absolute atomic E-state index is 10.5. The van der Waals surface area contributed by atoms with Crippen molar-refractivity contribution >= 4 is 12.0 Å². The molecule has 96 valence electrons. The van der Waals surface area contributed by atoms with Crippen LogP contribution in [0.2, 0.25) is 0 Å². The molecule has 0 saturated heterocycles. The lowest BCUT2D eigenvalue weighted by Crippen LogP contribution is -2.15. The van der Waals surface area contributed by atoms with Gasteiger partial charge in [0.25, 0.3) is 0 Å². The van der Waals surface area contributed by atoms with Crippen LogP contribution in [0.1, 0.15) is 25.0 Å². The molecular formula is C14H16O4. The van der Waals surface area contributed by atoms with Gasteiger partial charge in [-0.25, -0.2) is 4.79 Å². The highest BCUT2D eigenvalue weighted by molar-refractivity contribution is 5.86. The van der Waals surface area contributed by atoms with Crippen molar-refractivity contribution in [3.63, 3.8) is 0 Å². The molecule has 0 aromatic heterocycles. The maximum Gasteiger partial charge on any atom is 0.328 e. The number of rotatable bonds is 4. The van der Waals surface area contributed by atoms with E-state index in [1.807, 2.05) is 13.8 Å². The van der Waals surface area contributed by atoms with E-state index in [1.54, 1.807) is 12.1 Å². The van der Waals surface area contributed by atoms with Crippen LogP contribution >= 0.6 is 0 Å². The van der Waals surface area contributed by atoms with E-state index in [1.165, 1.54) is 12.1 Å². The van der Waals surface area contributed by atoms with Crippen LogP contribution in [0.15, 0.2) is 30.9 Å². The van der Waals surface area contributed by atoms with Gasteiger partial charge in [0.1, 0.15) is 0 Å². The molecule has 0 aliphatic carbocycles. The van der Waals surface area contributed by atoms with Gasteiger partial charge in [-0.15, -0.1) is 6.58 Å². The largest absolute Gasteiger partial charge is 0.504 e. The molecule has 0 bridgehead atoms. The summed E-state index contributed by atoms with van der Waals surface area (Å²) >= 11 is 0. The van der Waals surface area contributed by atoms with E-state index in [2.05, 4.69) is 6.58 Å². The van der Waals surface area contributed by atoms with Gasteiger partial charge in [0, 0.05) is 17.1 Å². The molecule has 1 aromatic carbocycles. The van der Waals surface area contributed by atoms with Gasteiger partial charge in [0.15, 0.2) is 11.5 Å². The number of aliphatic carboxylic acids is 1. The van der Waals surface area contributed by atoms with Gasteiger partial charge in [0.2, 0.25) is 0 Å². The van der Waals surface area contributed by atoms with Crippen LogP contribution in [0.5, 0.6) is 11.5 Å². The predicted molar refractivity (Wildman–Crippen MR) is 69.7 cm³/mol. The molecule has 4 nitrogen and oxygen atoms in total. The number of benzene rings is 1. The summed E-state index contributed by atoms with van der Waals surface area (Å²) in [6, 6.07) is 2.87. The topological polar surface area (TPSA) is 77.8 Å². The van der Waals surface area contributed by atoms with Gasteiger partial charge in [-0.2, -0.15) is 0 Å². The molecule has 0 saturated carbocycles. The van der Waals surface area contributed by atoms with E-state index >= 15 is 0 Å². The molecule has 0 radical (unpaired) electrons. The monoisotopic (exact) mass is 248 g/mol. The van der Waals surface area contributed by atoms with E-state index < -0.39 is 11.4 Å². The van der Waals surface area contributed by atoms with E-state index in [4.69, 9.17) is 5.11 Å². The minimum Gasteiger partial charge on any atom is -0.504 e. The van der Waals surface area contributed by atoms with Crippen LogP contribution in [-0.4, -0.2) is 21.3 Å². The molecule has 0 aliphatic rings. The van der Waals surface area contributed by atoms with Crippen molar-refractivity contribution in [1.29, 1.82) is 0 Å². The fourth-order valence-corrected chi connectivity index (χ4v) is 1.67. The zero-order chi connectivity index (χ0) is 13.9. The highest BCUT2D eigenvalue weighted by Crippen LogP contribution is 2.40. The standard InChI is InChI=1S/C14H16O4/c1-4-14(2,3)12-9(6-8-11(16)17)5-7-10(15)13(12)18/h4-8,15,18H,1H2,2-3H3,(H,16,17)/b8-6+. The normalized spacial score (nSPS) is 11.7. The van der Waals surface area contributed by atoms with Crippen molar-refractivity contribution in [2.75, 3.05) is 0 Å². The van der Waals surface area contributed by atoms with Crippen molar-refractivity contribution in [2.45, 2.75) is 19.3 Å². The van der Waals surface area contributed by atoms with Crippen LogP contribution < -0.4 is 0 Å².